The highest BCUT2D eigenvalue weighted by Crippen LogP contribution is 2.18. The molecule has 1 aliphatic rings. The minimum absolute atomic E-state index is 0.272. The molecule has 6 nitrogen and oxygen atoms in total. The molecule has 3 rings (SSSR count). The van der Waals surface area contributed by atoms with Crippen molar-refractivity contribution in [1.82, 2.24) is 10.4 Å². The molecule has 0 aromatic heterocycles. The number of nitrogens with zero attached hydrogens (tertiary/aromatic N) is 2. The van der Waals surface area contributed by atoms with Crippen molar-refractivity contribution in [3.63, 3.8) is 0 Å². The highest BCUT2D eigenvalue weighted by molar-refractivity contribution is 6.27. The number of halogens is 1. The third kappa shape index (κ3) is 3.94. The first-order valence-electron chi connectivity index (χ1n) is 8.20. The van der Waals surface area contributed by atoms with Crippen molar-refractivity contribution in [3.05, 3.63) is 66.0 Å². The first kappa shape index (κ1) is 17.8. The zero-order chi connectivity index (χ0) is 18.5. The summed E-state index contributed by atoms with van der Waals surface area (Å²) in [5.74, 6) is -1.50. The van der Waals surface area contributed by atoms with Crippen LogP contribution in [0.2, 0.25) is 0 Å². The number of ketones is 1. The van der Waals surface area contributed by atoms with Gasteiger partial charge in [-0.15, -0.1) is 0 Å². The van der Waals surface area contributed by atoms with Gasteiger partial charge in [0.2, 0.25) is 5.78 Å². The monoisotopic (exact) mass is 355 g/mol. The molecule has 1 aliphatic heterocycles. The van der Waals surface area contributed by atoms with Gasteiger partial charge in [0.25, 0.3) is 5.91 Å². The summed E-state index contributed by atoms with van der Waals surface area (Å²) in [7, 11) is 0. The lowest BCUT2D eigenvalue weighted by molar-refractivity contribution is -0.134. The van der Waals surface area contributed by atoms with Crippen LogP contribution in [0.25, 0.3) is 0 Å². The maximum absolute atomic E-state index is 13.0. The average Bonchev–Trinajstić information content (AvgIpc) is 2.68. The Labute approximate surface area is 150 Å². The minimum Gasteiger partial charge on any atom is -0.368 e. The van der Waals surface area contributed by atoms with Gasteiger partial charge in [0.05, 0.1) is 0 Å². The van der Waals surface area contributed by atoms with E-state index in [0.717, 1.165) is 5.69 Å². The van der Waals surface area contributed by atoms with Gasteiger partial charge in [-0.1, -0.05) is 18.2 Å². The van der Waals surface area contributed by atoms with Crippen molar-refractivity contribution >= 4 is 23.7 Å². The molecule has 1 fully saturated rings. The maximum atomic E-state index is 13.0. The number of hydrazine groups is 1. The predicted octanol–water partition coefficient (Wildman–Crippen LogP) is 1.43. The molecule has 7 heteroatoms. The highest BCUT2D eigenvalue weighted by Gasteiger charge is 2.33. The van der Waals surface area contributed by atoms with Crippen LogP contribution in [0.3, 0.4) is 0 Å². The van der Waals surface area contributed by atoms with Gasteiger partial charge in [-0.3, -0.25) is 19.8 Å². The zero-order valence-electron chi connectivity index (χ0n) is 14.0. The number of hydrogen-bond donors (Lipinski definition) is 1. The minimum atomic E-state index is -0.786. The number of rotatable bonds is 5. The summed E-state index contributed by atoms with van der Waals surface area (Å²) in [6.07, 6.45) is 0.274. The molecular weight excluding hydrogens is 337 g/mol. The fraction of sp³-hybridized carbons (Fsp3) is 0.211. The number of piperazine rings is 1. The lowest BCUT2D eigenvalue weighted by Gasteiger charge is -2.40. The number of amides is 1. The molecule has 1 atom stereocenters. The topological polar surface area (TPSA) is 69.7 Å². The molecule has 0 aliphatic carbocycles. The fourth-order valence-electron chi connectivity index (χ4n) is 2.91. The van der Waals surface area contributed by atoms with Gasteiger partial charge in [-0.05, 0) is 36.4 Å². The molecule has 1 saturated heterocycles. The number of hydrogen-bond acceptors (Lipinski definition) is 5. The van der Waals surface area contributed by atoms with Gasteiger partial charge in [-0.2, -0.15) is 0 Å². The second-order valence-electron chi connectivity index (χ2n) is 5.96. The van der Waals surface area contributed by atoms with Crippen LogP contribution in [0.1, 0.15) is 10.4 Å². The first-order valence-corrected chi connectivity index (χ1v) is 8.20. The number of aldehydes is 1. The number of carbonyl (C=O) groups excluding carboxylic acids is 3. The van der Waals surface area contributed by atoms with Crippen molar-refractivity contribution in [2.24, 2.45) is 0 Å². The van der Waals surface area contributed by atoms with Crippen molar-refractivity contribution < 1.29 is 18.8 Å². The molecular formula is C19H18FN3O3. The molecule has 0 radical (unpaired) electrons. The van der Waals surface area contributed by atoms with Gasteiger partial charge >= 0.3 is 0 Å². The number of para-hydroxylation sites is 1. The van der Waals surface area contributed by atoms with Crippen LogP contribution in [0.4, 0.5) is 10.1 Å². The number of benzene rings is 2. The molecule has 2 aromatic carbocycles. The van der Waals surface area contributed by atoms with Gasteiger partial charge in [0, 0.05) is 30.9 Å². The van der Waals surface area contributed by atoms with Gasteiger partial charge < -0.3 is 4.90 Å². The SMILES string of the molecule is O=CC(=O)C1CN(c2ccccc2)CCN1NC(=O)c1ccc(F)cc1. The van der Waals surface area contributed by atoms with E-state index in [2.05, 4.69) is 5.43 Å². The largest absolute Gasteiger partial charge is 0.368 e. The Balaban J connectivity index is 1.74. The summed E-state index contributed by atoms with van der Waals surface area (Å²) < 4.78 is 13.0. The van der Waals surface area contributed by atoms with E-state index in [1.807, 2.05) is 35.2 Å². The summed E-state index contributed by atoms with van der Waals surface area (Å²) in [4.78, 5) is 37.5. The van der Waals surface area contributed by atoms with Crippen molar-refractivity contribution in [2.45, 2.75) is 6.04 Å². The smallest absolute Gasteiger partial charge is 0.265 e. The summed E-state index contributed by atoms with van der Waals surface area (Å²) in [5, 5.41) is 1.47. The van der Waals surface area contributed by atoms with Crippen molar-refractivity contribution in [2.75, 3.05) is 24.5 Å². The van der Waals surface area contributed by atoms with Crippen LogP contribution in [0.5, 0.6) is 0 Å². The molecule has 1 N–H and O–H groups in total. The number of Topliss-reactive ketones (excluding diaryl/α,β-unsaturated/α-hetero) is 1. The Kier molecular flexibility index (Phi) is 5.38. The second kappa shape index (κ2) is 7.88. The summed E-state index contributed by atoms with van der Waals surface area (Å²) in [6, 6.07) is 13.9. The Morgan fingerprint density at radius 2 is 1.73 bits per heavy atom. The third-order valence-corrected chi connectivity index (χ3v) is 4.30. The third-order valence-electron chi connectivity index (χ3n) is 4.30. The maximum Gasteiger partial charge on any atom is 0.265 e. The van der Waals surface area contributed by atoms with E-state index in [1.54, 1.807) is 0 Å². The Hall–Kier alpha value is -3.06. The molecule has 0 bridgehead atoms. The summed E-state index contributed by atoms with van der Waals surface area (Å²) in [5.41, 5.74) is 3.88. The van der Waals surface area contributed by atoms with Crippen LogP contribution >= 0.6 is 0 Å². The van der Waals surface area contributed by atoms with E-state index in [9.17, 15) is 18.8 Å². The van der Waals surface area contributed by atoms with E-state index in [-0.39, 0.29) is 18.4 Å². The summed E-state index contributed by atoms with van der Waals surface area (Å²) >= 11 is 0. The number of carbonyl (C=O) groups is 3. The zero-order valence-corrected chi connectivity index (χ0v) is 14.0. The Bertz CT molecular complexity index is 795. The Morgan fingerprint density at radius 3 is 2.38 bits per heavy atom. The number of anilines is 1. The fourth-order valence-corrected chi connectivity index (χ4v) is 2.91. The standard InChI is InChI=1S/C19H18FN3O3/c20-15-8-6-14(7-9-15)19(26)21-23-11-10-22(12-17(23)18(25)13-24)16-4-2-1-3-5-16/h1-9,13,17H,10-12H2,(H,21,26). The van der Waals surface area contributed by atoms with Crippen LogP contribution < -0.4 is 10.3 Å². The average molecular weight is 355 g/mol. The molecule has 26 heavy (non-hydrogen) atoms. The molecule has 0 spiro atoms. The molecule has 1 unspecified atom stereocenters. The molecule has 134 valence electrons. The van der Waals surface area contributed by atoms with E-state index in [1.165, 1.54) is 29.3 Å². The van der Waals surface area contributed by atoms with Crippen LogP contribution in [0.15, 0.2) is 54.6 Å². The van der Waals surface area contributed by atoms with Crippen molar-refractivity contribution in [1.29, 1.82) is 0 Å². The van der Waals surface area contributed by atoms with Gasteiger partial charge in [-0.25, -0.2) is 9.40 Å². The van der Waals surface area contributed by atoms with Crippen LogP contribution in [-0.4, -0.2) is 48.7 Å². The van der Waals surface area contributed by atoms with E-state index in [4.69, 9.17) is 0 Å². The number of nitrogens with one attached hydrogen (secondary N) is 1. The second-order valence-corrected chi connectivity index (χ2v) is 5.96. The van der Waals surface area contributed by atoms with Crippen LogP contribution in [0, 0.1) is 5.82 Å². The van der Waals surface area contributed by atoms with Gasteiger partial charge in [0.15, 0.2) is 6.29 Å². The quantitative estimate of drug-likeness (QED) is 0.649. The van der Waals surface area contributed by atoms with E-state index < -0.39 is 23.5 Å². The molecule has 1 heterocycles. The molecule has 0 saturated carbocycles. The lowest BCUT2D eigenvalue weighted by atomic mass is 10.1. The highest BCUT2D eigenvalue weighted by atomic mass is 19.1. The summed E-state index contributed by atoms with van der Waals surface area (Å²) in [6.45, 7) is 1.23. The Morgan fingerprint density at radius 1 is 1.04 bits per heavy atom. The normalized spacial score (nSPS) is 17.6. The predicted molar refractivity (Wildman–Crippen MR) is 94.1 cm³/mol. The van der Waals surface area contributed by atoms with Crippen LogP contribution in [-0.2, 0) is 9.59 Å². The molecule has 2 aromatic rings. The first-order chi connectivity index (χ1) is 12.6. The van der Waals surface area contributed by atoms with E-state index >= 15 is 0 Å². The molecule has 1 amide bonds. The van der Waals surface area contributed by atoms with Gasteiger partial charge in [0.1, 0.15) is 11.9 Å². The lowest BCUT2D eigenvalue weighted by Crippen LogP contribution is -2.62. The van der Waals surface area contributed by atoms with Crippen molar-refractivity contribution in [3.8, 4) is 0 Å². The van der Waals surface area contributed by atoms with E-state index in [0.29, 0.717) is 13.1 Å².